The Morgan fingerprint density at radius 3 is 2.88 bits per heavy atom. The molecule has 0 aromatic heterocycles. The van der Waals surface area contributed by atoms with Gasteiger partial charge in [-0.3, -0.25) is 4.79 Å². The van der Waals surface area contributed by atoms with Gasteiger partial charge in [-0.05, 0) is 49.2 Å². The normalized spacial score (nSPS) is 17.2. The molecular weight excluding hydrogens is 303 g/mol. The van der Waals surface area contributed by atoms with Crippen LogP contribution in [0.3, 0.4) is 0 Å². The van der Waals surface area contributed by atoms with E-state index < -0.39 is 0 Å². The summed E-state index contributed by atoms with van der Waals surface area (Å²) in [6.07, 6.45) is 7.26. The molecule has 2 aromatic rings. The predicted molar refractivity (Wildman–Crippen MR) is 93.3 cm³/mol. The van der Waals surface area contributed by atoms with Crippen LogP contribution >= 0.6 is 0 Å². The van der Waals surface area contributed by atoms with E-state index in [0.717, 1.165) is 25.1 Å². The lowest BCUT2D eigenvalue weighted by atomic mass is 10.0. The number of nitrogens with one attached hydrogen (secondary N) is 1. The molecule has 1 saturated heterocycles. The van der Waals surface area contributed by atoms with Gasteiger partial charge in [-0.15, -0.1) is 6.42 Å². The van der Waals surface area contributed by atoms with Crippen molar-refractivity contribution in [3.63, 3.8) is 0 Å². The first-order valence-corrected chi connectivity index (χ1v) is 8.04. The third kappa shape index (κ3) is 3.75. The molecular formula is C20H19FN2O. The van der Waals surface area contributed by atoms with E-state index in [4.69, 9.17) is 6.42 Å². The molecule has 0 saturated carbocycles. The van der Waals surface area contributed by atoms with Gasteiger partial charge in [-0.1, -0.05) is 18.1 Å². The molecule has 3 rings (SSSR count). The maximum Gasteiger partial charge on any atom is 0.253 e. The highest BCUT2D eigenvalue weighted by molar-refractivity contribution is 5.94. The van der Waals surface area contributed by atoms with Crippen molar-refractivity contribution in [2.75, 3.05) is 18.4 Å². The summed E-state index contributed by atoms with van der Waals surface area (Å²) in [5.41, 5.74) is 2.05. The van der Waals surface area contributed by atoms with Gasteiger partial charge in [0.25, 0.3) is 5.91 Å². The van der Waals surface area contributed by atoms with Gasteiger partial charge in [-0.25, -0.2) is 4.39 Å². The quantitative estimate of drug-likeness (QED) is 0.877. The van der Waals surface area contributed by atoms with Crippen molar-refractivity contribution >= 4 is 11.6 Å². The molecule has 2 aromatic carbocycles. The number of benzene rings is 2. The Kier molecular flexibility index (Phi) is 4.81. The fourth-order valence-corrected chi connectivity index (χ4v) is 3.02. The Morgan fingerprint density at radius 2 is 2.08 bits per heavy atom. The number of likely N-dealkylation sites (tertiary alicyclic amines) is 1. The van der Waals surface area contributed by atoms with Gasteiger partial charge in [-0.2, -0.15) is 0 Å². The van der Waals surface area contributed by atoms with Crippen LogP contribution in [-0.2, 0) is 0 Å². The van der Waals surface area contributed by atoms with Gasteiger partial charge < -0.3 is 10.2 Å². The second kappa shape index (κ2) is 7.18. The van der Waals surface area contributed by atoms with Crippen molar-refractivity contribution < 1.29 is 9.18 Å². The van der Waals surface area contributed by atoms with Crippen LogP contribution in [0.4, 0.5) is 10.1 Å². The predicted octanol–water partition coefficient (Wildman–Crippen LogP) is 3.52. The number of terminal acetylenes is 1. The van der Waals surface area contributed by atoms with Crippen molar-refractivity contribution in [1.82, 2.24) is 4.90 Å². The smallest absolute Gasteiger partial charge is 0.253 e. The van der Waals surface area contributed by atoms with Crippen LogP contribution in [0.2, 0.25) is 0 Å². The number of anilines is 1. The molecule has 122 valence electrons. The fraction of sp³-hybridized carbons (Fsp3) is 0.250. The average molecular weight is 322 g/mol. The maximum atomic E-state index is 13.3. The number of carbonyl (C=O) groups excluding carboxylic acids is 1. The molecule has 1 aliphatic heterocycles. The van der Waals surface area contributed by atoms with Crippen molar-refractivity contribution in [3.05, 3.63) is 65.5 Å². The molecule has 1 fully saturated rings. The van der Waals surface area contributed by atoms with E-state index in [1.54, 1.807) is 30.3 Å². The molecule has 1 amide bonds. The number of halogens is 1. The maximum absolute atomic E-state index is 13.3. The average Bonchev–Trinajstić information content (AvgIpc) is 2.61. The highest BCUT2D eigenvalue weighted by atomic mass is 19.1. The van der Waals surface area contributed by atoms with Crippen LogP contribution in [0.25, 0.3) is 0 Å². The number of carbonyl (C=O) groups is 1. The summed E-state index contributed by atoms with van der Waals surface area (Å²) in [4.78, 5) is 14.5. The van der Waals surface area contributed by atoms with Crippen molar-refractivity contribution in [2.45, 2.75) is 18.9 Å². The van der Waals surface area contributed by atoms with Crippen molar-refractivity contribution in [1.29, 1.82) is 0 Å². The topological polar surface area (TPSA) is 32.3 Å². The highest BCUT2D eigenvalue weighted by Crippen LogP contribution is 2.19. The Labute approximate surface area is 141 Å². The van der Waals surface area contributed by atoms with Crippen LogP contribution in [0, 0.1) is 18.2 Å². The van der Waals surface area contributed by atoms with Crippen LogP contribution in [0.1, 0.15) is 28.8 Å². The lowest BCUT2D eigenvalue weighted by Crippen LogP contribution is -2.45. The first kappa shape index (κ1) is 16.1. The van der Waals surface area contributed by atoms with Crippen molar-refractivity contribution in [3.8, 4) is 12.3 Å². The van der Waals surface area contributed by atoms with Crippen LogP contribution in [-0.4, -0.2) is 29.9 Å². The highest BCUT2D eigenvalue weighted by Gasteiger charge is 2.24. The summed E-state index contributed by atoms with van der Waals surface area (Å²) >= 11 is 0. The molecule has 0 spiro atoms. The van der Waals surface area contributed by atoms with Crippen LogP contribution in [0.15, 0.2) is 48.5 Å². The Balaban J connectivity index is 1.68. The number of piperidine rings is 1. The molecule has 1 atom stereocenters. The molecule has 1 aliphatic rings. The van der Waals surface area contributed by atoms with Gasteiger partial charge in [0.1, 0.15) is 5.82 Å². The summed E-state index contributed by atoms with van der Waals surface area (Å²) in [6.45, 7) is 1.32. The minimum Gasteiger partial charge on any atom is -0.380 e. The van der Waals surface area contributed by atoms with E-state index >= 15 is 0 Å². The van der Waals surface area contributed by atoms with Gasteiger partial charge in [0.15, 0.2) is 0 Å². The van der Waals surface area contributed by atoms with Gasteiger partial charge in [0, 0.05) is 35.9 Å². The number of amides is 1. The largest absolute Gasteiger partial charge is 0.380 e. The van der Waals surface area contributed by atoms with E-state index in [2.05, 4.69) is 11.2 Å². The Bertz CT molecular complexity index is 781. The SMILES string of the molecule is C#Cc1cccc(C(=O)N2CCC[C@@H](Nc3cccc(F)c3)C2)c1. The number of hydrogen-bond donors (Lipinski definition) is 1. The molecule has 1 heterocycles. The Morgan fingerprint density at radius 1 is 1.25 bits per heavy atom. The number of nitrogens with zero attached hydrogens (tertiary/aromatic N) is 1. The van der Waals surface area contributed by atoms with E-state index in [0.29, 0.717) is 17.7 Å². The summed E-state index contributed by atoms with van der Waals surface area (Å²) < 4.78 is 13.3. The fourth-order valence-electron chi connectivity index (χ4n) is 3.02. The van der Waals surface area contributed by atoms with Gasteiger partial charge in [0.05, 0.1) is 0 Å². The molecule has 0 radical (unpaired) electrons. The summed E-state index contributed by atoms with van der Waals surface area (Å²) in [7, 11) is 0. The lowest BCUT2D eigenvalue weighted by molar-refractivity contribution is 0.0715. The standard InChI is InChI=1S/C20H19FN2O/c1-2-15-6-3-7-16(12-15)20(24)23-11-5-10-19(14-23)22-18-9-4-8-17(21)13-18/h1,3-4,6-9,12-13,19,22H,5,10-11,14H2/t19-/m1/s1. The Hall–Kier alpha value is -2.80. The van der Waals surface area contributed by atoms with Crippen molar-refractivity contribution in [2.24, 2.45) is 0 Å². The minimum atomic E-state index is -0.269. The second-order valence-electron chi connectivity index (χ2n) is 5.97. The van der Waals surface area contributed by atoms with Crippen LogP contribution in [0.5, 0.6) is 0 Å². The first-order valence-electron chi connectivity index (χ1n) is 8.04. The van der Waals surface area contributed by atoms with E-state index in [9.17, 15) is 9.18 Å². The molecule has 24 heavy (non-hydrogen) atoms. The monoisotopic (exact) mass is 322 g/mol. The number of hydrogen-bond acceptors (Lipinski definition) is 2. The number of rotatable bonds is 3. The third-order valence-corrected chi connectivity index (χ3v) is 4.18. The zero-order valence-electron chi connectivity index (χ0n) is 13.3. The molecule has 3 nitrogen and oxygen atoms in total. The minimum absolute atomic E-state index is 0.0159. The summed E-state index contributed by atoms with van der Waals surface area (Å²) in [6, 6.07) is 13.6. The van der Waals surface area contributed by atoms with Gasteiger partial charge >= 0.3 is 0 Å². The lowest BCUT2D eigenvalue weighted by Gasteiger charge is -2.33. The summed E-state index contributed by atoms with van der Waals surface area (Å²) in [5, 5.41) is 3.31. The molecule has 0 bridgehead atoms. The first-order chi connectivity index (χ1) is 11.7. The van der Waals surface area contributed by atoms with E-state index in [1.807, 2.05) is 11.0 Å². The van der Waals surface area contributed by atoms with Crippen LogP contribution < -0.4 is 5.32 Å². The molecule has 1 N–H and O–H groups in total. The second-order valence-corrected chi connectivity index (χ2v) is 5.97. The zero-order valence-corrected chi connectivity index (χ0v) is 13.3. The molecule has 0 unspecified atom stereocenters. The summed E-state index contributed by atoms with van der Waals surface area (Å²) in [5.74, 6) is 2.27. The molecule has 0 aliphatic carbocycles. The third-order valence-electron chi connectivity index (χ3n) is 4.18. The van der Waals surface area contributed by atoms with Gasteiger partial charge in [0.2, 0.25) is 0 Å². The van der Waals surface area contributed by atoms with E-state index in [1.165, 1.54) is 12.1 Å². The zero-order chi connectivity index (χ0) is 16.9. The van der Waals surface area contributed by atoms with E-state index in [-0.39, 0.29) is 17.8 Å². The molecule has 4 heteroatoms.